The highest BCUT2D eigenvalue weighted by molar-refractivity contribution is 5.42. The van der Waals surface area contributed by atoms with E-state index in [0.29, 0.717) is 0 Å². The van der Waals surface area contributed by atoms with Gasteiger partial charge in [0.05, 0.1) is 12.7 Å². The maximum atomic E-state index is 4.28. The highest BCUT2D eigenvalue weighted by atomic mass is 15.4. The van der Waals surface area contributed by atoms with Crippen LogP contribution in [0.2, 0.25) is 0 Å². The summed E-state index contributed by atoms with van der Waals surface area (Å²) in [5.74, 6) is 1.24. The van der Waals surface area contributed by atoms with Gasteiger partial charge in [-0.1, -0.05) is 29.8 Å². The molecule has 0 fully saturated rings. The van der Waals surface area contributed by atoms with Gasteiger partial charge >= 0.3 is 0 Å². The Morgan fingerprint density at radius 2 is 1.94 bits per heavy atom. The van der Waals surface area contributed by atoms with Crippen LogP contribution in [0.25, 0.3) is 0 Å². The van der Waals surface area contributed by atoms with E-state index >= 15 is 0 Å². The smallest absolute Gasteiger partial charge is 0.127 e. The molecule has 1 aromatic heterocycles. The van der Waals surface area contributed by atoms with Crippen molar-refractivity contribution in [2.24, 2.45) is 0 Å². The molecule has 82 valence electrons. The van der Waals surface area contributed by atoms with Gasteiger partial charge in [-0.2, -0.15) is 5.10 Å². The second-order valence-electron chi connectivity index (χ2n) is 4.32. The molecule has 0 saturated heterocycles. The van der Waals surface area contributed by atoms with Gasteiger partial charge < -0.3 is 4.90 Å². The molecular formula is C13H15N3. The first kappa shape index (κ1) is 9.46. The summed E-state index contributed by atoms with van der Waals surface area (Å²) in [5, 5.41) is 4.28. The number of hydrogen-bond acceptors (Lipinski definition) is 2. The fourth-order valence-corrected chi connectivity index (χ4v) is 2.17. The number of hydrogen-bond donors (Lipinski definition) is 0. The molecular weight excluding hydrogens is 198 g/mol. The third-order valence-corrected chi connectivity index (χ3v) is 3.09. The van der Waals surface area contributed by atoms with Crippen molar-refractivity contribution in [2.45, 2.75) is 20.0 Å². The molecule has 16 heavy (non-hydrogen) atoms. The fourth-order valence-electron chi connectivity index (χ4n) is 2.17. The van der Waals surface area contributed by atoms with Gasteiger partial charge in [-0.25, -0.2) is 4.68 Å². The second-order valence-corrected chi connectivity index (χ2v) is 4.32. The predicted octanol–water partition coefficient (Wildman–Crippen LogP) is 2.21. The van der Waals surface area contributed by atoms with Crippen molar-refractivity contribution in [3.05, 3.63) is 47.7 Å². The zero-order chi connectivity index (χ0) is 11.0. The first-order valence-corrected chi connectivity index (χ1v) is 5.65. The van der Waals surface area contributed by atoms with Crippen LogP contribution in [0.5, 0.6) is 0 Å². The molecule has 2 heterocycles. The summed E-state index contributed by atoms with van der Waals surface area (Å²) in [4.78, 5) is 2.37. The summed E-state index contributed by atoms with van der Waals surface area (Å²) in [6.45, 7) is 5.17. The Hall–Kier alpha value is -1.77. The number of anilines is 1. The van der Waals surface area contributed by atoms with E-state index in [4.69, 9.17) is 0 Å². The normalized spacial score (nSPS) is 14.2. The quantitative estimate of drug-likeness (QED) is 0.762. The average Bonchev–Trinajstić information content (AvgIpc) is 2.86. The molecule has 1 aromatic carbocycles. The Morgan fingerprint density at radius 1 is 1.12 bits per heavy atom. The van der Waals surface area contributed by atoms with Crippen LogP contribution in [-0.4, -0.2) is 16.3 Å². The van der Waals surface area contributed by atoms with E-state index in [1.54, 1.807) is 0 Å². The molecule has 2 aromatic rings. The first-order chi connectivity index (χ1) is 7.83. The first-order valence-electron chi connectivity index (χ1n) is 5.65. The van der Waals surface area contributed by atoms with Crippen LogP contribution in [0, 0.1) is 6.92 Å². The Balaban J connectivity index is 1.79. The Bertz CT molecular complexity index is 484. The number of nitrogens with zero attached hydrogens (tertiary/aromatic N) is 3. The third kappa shape index (κ3) is 1.58. The number of aromatic nitrogens is 2. The van der Waals surface area contributed by atoms with Gasteiger partial charge in [0, 0.05) is 19.2 Å². The second kappa shape index (κ2) is 3.67. The largest absolute Gasteiger partial charge is 0.351 e. The van der Waals surface area contributed by atoms with Gasteiger partial charge in [0.2, 0.25) is 0 Å². The van der Waals surface area contributed by atoms with Gasteiger partial charge in [0.15, 0.2) is 0 Å². The van der Waals surface area contributed by atoms with Gasteiger partial charge in [0.25, 0.3) is 0 Å². The molecule has 1 aliphatic heterocycles. The van der Waals surface area contributed by atoms with Crippen molar-refractivity contribution in [2.75, 3.05) is 11.4 Å². The Morgan fingerprint density at radius 3 is 2.75 bits per heavy atom. The summed E-state index contributed by atoms with van der Waals surface area (Å²) in [5.41, 5.74) is 2.68. The summed E-state index contributed by atoms with van der Waals surface area (Å²) in [6.07, 6.45) is 1.87. The van der Waals surface area contributed by atoms with Gasteiger partial charge in [-0.05, 0) is 12.5 Å². The van der Waals surface area contributed by atoms with E-state index in [2.05, 4.69) is 51.9 Å². The van der Waals surface area contributed by atoms with Crippen molar-refractivity contribution in [3.8, 4) is 0 Å². The van der Waals surface area contributed by atoms with Crippen molar-refractivity contribution in [3.63, 3.8) is 0 Å². The molecule has 1 aliphatic rings. The molecule has 0 amide bonds. The molecule has 3 rings (SSSR count). The van der Waals surface area contributed by atoms with Crippen molar-refractivity contribution < 1.29 is 0 Å². The maximum absolute atomic E-state index is 4.28. The van der Waals surface area contributed by atoms with Crippen LogP contribution in [0.3, 0.4) is 0 Å². The minimum atomic E-state index is 0.978. The van der Waals surface area contributed by atoms with Crippen LogP contribution in [0.1, 0.15) is 11.1 Å². The van der Waals surface area contributed by atoms with Crippen molar-refractivity contribution >= 4 is 5.82 Å². The zero-order valence-corrected chi connectivity index (χ0v) is 9.43. The summed E-state index contributed by atoms with van der Waals surface area (Å²) in [6, 6.07) is 10.8. The number of aryl methyl sites for hydroxylation is 1. The van der Waals surface area contributed by atoms with E-state index in [-0.39, 0.29) is 0 Å². The minimum absolute atomic E-state index is 0.978. The third-order valence-electron chi connectivity index (χ3n) is 3.09. The van der Waals surface area contributed by atoms with Crippen molar-refractivity contribution in [1.29, 1.82) is 0 Å². The van der Waals surface area contributed by atoms with E-state index in [0.717, 1.165) is 19.6 Å². The SMILES string of the molecule is Cc1ccc(CN2CCn3nccc32)cc1. The van der Waals surface area contributed by atoms with Crippen molar-refractivity contribution in [1.82, 2.24) is 9.78 Å². The lowest BCUT2D eigenvalue weighted by atomic mass is 10.1. The predicted molar refractivity (Wildman–Crippen MR) is 64.5 cm³/mol. The van der Waals surface area contributed by atoms with E-state index < -0.39 is 0 Å². The van der Waals surface area contributed by atoms with E-state index in [1.807, 2.05) is 6.20 Å². The molecule has 0 N–H and O–H groups in total. The average molecular weight is 213 g/mol. The van der Waals surface area contributed by atoms with E-state index in [1.165, 1.54) is 16.9 Å². The molecule has 0 spiro atoms. The number of rotatable bonds is 2. The van der Waals surface area contributed by atoms with Gasteiger partial charge in [-0.3, -0.25) is 0 Å². The molecule has 0 bridgehead atoms. The van der Waals surface area contributed by atoms with Crippen LogP contribution in [0.15, 0.2) is 36.5 Å². The summed E-state index contributed by atoms with van der Waals surface area (Å²) in [7, 11) is 0. The Labute approximate surface area is 95.3 Å². The topological polar surface area (TPSA) is 21.1 Å². The summed E-state index contributed by atoms with van der Waals surface area (Å²) < 4.78 is 2.06. The zero-order valence-electron chi connectivity index (χ0n) is 9.43. The van der Waals surface area contributed by atoms with Gasteiger partial charge in [0.1, 0.15) is 5.82 Å². The molecule has 3 nitrogen and oxygen atoms in total. The lowest BCUT2D eigenvalue weighted by Crippen LogP contribution is -2.19. The lowest BCUT2D eigenvalue weighted by Gasteiger charge is -2.16. The monoisotopic (exact) mass is 213 g/mol. The standard InChI is InChI=1S/C13H15N3/c1-11-2-4-12(5-3-11)10-15-8-9-16-13(15)6-7-14-16/h2-7H,8-10H2,1H3. The molecule has 0 aliphatic carbocycles. The lowest BCUT2D eigenvalue weighted by molar-refractivity contribution is 0.686. The molecule has 3 heteroatoms. The maximum Gasteiger partial charge on any atom is 0.127 e. The number of benzene rings is 1. The molecule has 0 unspecified atom stereocenters. The van der Waals surface area contributed by atoms with E-state index in [9.17, 15) is 0 Å². The van der Waals surface area contributed by atoms with Crippen LogP contribution >= 0.6 is 0 Å². The fraction of sp³-hybridized carbons (Fsp3) is 0.308. The summed E-state index contributed by atoms with van der Waals surface area (Å²) >= 11 is 0. The van der Waals surface area contributed by atoms with Crippen LogP contribution < -0.4 is 4.90 Å². The molecule has 0 radical (unpaired) electrons. The molecule has 0 atom stereocenters. The highest BCUT2D eigenvalue weighted by Gasteiger charge is 2.18. The van der Waals surface area contributed by atoms with Crippen LogP contribution in [0.4, 0.5) is 5.82 Å². The van der Waals surface area contributed by atoms with Gasteiger partial charge in [-0.15, -0.1) is 0 Å². The Kier molecular flexibility index (Phi) is 2.17. The highest BCUT2D eigenvalue weighted by Crippen LogP contribution is 2.22. The minimum Gasteiger partial charge on any atom is -0.351 e. The van der Waals surface area contributed by atoms with Crippen LogP contribution in [-0.2, 0) is 13.1 Å². The molecule has 0 saturated carbocycles. The number of fused-ring (bicyclic) bond motifs is 1.